The standard InChI is InChI=1S/C10H18F3N3O/c1-7-5-16(2)4-3-8(7)15-9(17)14-6-10(11,12)13/h7-8H,3-6H2,1-2H3,(H2,14,15,17). The van der Waals surface area contributed by atoms with Crippen LogP contribution in [0.5, 0.6) is 0 Å². The van der Waals surface area contributed by atoms with Gasteiger partial charge in [-0.2, -0.15) is 13.2 Å². The minimum Gasteiger partial charge on any atom is -0.335 e. The van der Waals surface area contributed by atoms with Crippen molar-refractivity contribution in [2.45, 2.75) is 25.6 Å². The summed E-state index contributed by atoms with van der Waals surface area (Å²) in [7, 11) is 1.98. The molecular weight excluding hydrogens is 235 g/mol. The topological polar surface area (TPSA) is 44.4 Å². The zero-order chi connectivity index (χ0) is 13.1. The molecule has 0 bridgehead atoms. The highest BCUT2D eigenvalue weighted by atomic mass is 19.4. The van der Waals surface area contributed by atoms with Crippen molar-refractivity contribution < 1.29 is 18.0 Å². The van der Waals surface area contributed by atoms with Gasteiger partial charge in [0.05, 0.1) is 0 Å². The predicted octanol–water partition coefficient (Wildman–Crippen LogP) is 1.19. The first-order valence-electron chi connectivity index (χ1n) is 5.57. The quantitative estimate of drug-likeness (QED) is 0.776. The van der Waals surface area contributed by atoms with Crippen LogP contribution in [0.1, 0.15) is 13.3 Å². The van der Waals surface area contributed by atoms with Gasteiger partial charge in [-0.05, 0) is 25.9 Å². The first kappa shape index (κ1) is 14.1. The zero-order valence-corrected chi connectivity index (χ0v) is 9.97. The summed E-state index contributed by atoms with van der Waals surface area (Å²) in [6.07, 6.45) is -3.60. The van der Waals surface area contributed by atoms with Crippen molar-refractivity contribution in [3.63, 3.8) is 0 Å². The molecule has 2 N–H and O–H groups in total. The van der Waals surface area contributed by atoms with E-state index in [1.165, 1.54) is 0 Å². The van der Waals surface area contributed by atoms with Gasteiger partial charge in [0.1, 0.15) is 6.54 Å². The second-order valence-electron chi connectivity index (χ2n) is 4.58. The smallest absolute Gasteiger partial charge is 0.335 e. The molecule has 1 aliphatic rings. The normalized spacial score (nSPS) is 26.6. The number of carbonyl (C=O) groups excluding carboxylic acids is 1. The maximum absolute atomic E-state index is 11.9. The van der Waals surface area contributed by atoms with Crippen molar-refractivity contribution in [2.24, 2.45) is 5.92 Å². The third kappa shape index (κ3) is 5.25. The highest BCUT2D eigenvalue weighted by Gasteiger charge is 2.29. The first-order valence-corrected chi connectivity index (χ1v) is 5.57. The molecule has 2 unspecified atom stereocenters. The van der Waals surface area contributed by atoms with Crippen LogP contribution in [-0.4, -0.2) is 49.8 Å². The van der Waals surface area contributed by atoms with E-state index in [4.69, 9.17) is 0 Å². The molecular formula is C10H18F3N3O. The molecule has 0 radical (unpaired) electrons. The highest BCUT2D eigenvalue weighted by Crippen LogP contribution is 2.15. The van der Waals surface area contributed by atoms with Crippen molar-refractivity contribution in [1.82, 2.24) is 15.5 Å². The van der Waals surface area contributed by atoms with E-state index < -0.39 is 18.8 Å². The number of halogens is 3. The Bertz CT molecular complexity index is 270. The molecule has 0 aromatic carbocycles. The third-order valence-electron chi connectivity index (χ3n) is 2.87. The van der Waals surface area contributed by atoms with E-state index in [2.05, 4.69) is 10.2 Å². The SMILES string of the molecule is CC1CN(C)CCC1NC(=O)NCC(F)(F)F. The van der Waals surface area contributed by atoms with Crippen LogP contribution in [0.4, 0.5) is 18.0 Å². The number of carbonyl (C=O) groups is 1. The van der Waals surface area contributed by atoms with E-state index in [9.17, 15) is 18.0 Å². The van der Waals surface area contributed by atoms with Crippen molar-refractivity contribution in [1.29, 1.82) is 0 Å². The van der Waals surface area contributed by atoms with Gasteiger partial charge in [-0.1, -0.05) is 6.92 Å². The third-order valence-corrected chi connectivity index (χ3v) is 2.87. The van der Waals surface area contributed by atoms with Crippen molar-refractivity contribution in [2.75, 3.05) is 26.7 Å². The number of hydrogen-bond acceptors (Lipinski definition) is 2. The summed E-state index contributed by atoms with van der Waals surface area (Å²) in [6, 6.07) is -0.803. The lowest BCUT2D eigenvalue weighted by Gasteiger charge is -2.35. The van der Waals surface area contributed by atoms with Crippen LogP contribution in [0.2, 0.25) is 0 Å². The molecule has 1 aliphatic heterocycles. The van der Waals surface area contributed by atoms with Gasteiger partial charge in [0, 0.05) is 12.6 Å². The molecule has 0 saturated carbocycles. The number of piperidine rings is 1. The van der Waals surface area contributed by atoms with E-state index in [0.29, 0.717) is 0 Å². The highest BCUT2D eigenvalue weighted by molar-refractivity contribution is 5.74. The van der Waals surface area contributed by atoms with E-state index in [-0.39, 0.29) is 12.0 Å². The number of nitrogens with one attached hydrogen (secondary N) is 2. The lowest BCUT2D eigenvalue weighted by molar-refractivity contribution is -0.122. The van der Waals surface area contributed by atoms with E-state index >= 15 is 0 Å². The monoisotopic (exact) mass is 253 g/mol. The summed E-state index contributed by atoms with van der Waals surface area (Å²) in [5, 5.41) is 4.40. The number of alkyl halides is 3. The van der Waals surface area contributed by atoms with Crippen LogP contribution in [0, 0.1) is 5.92 Å². The van der Waals surface area contributed by atoms with Gasteiger partial charge >= 0.3 is 12.2 Å². The molecule has 17 heavy (non-hydrogen) atoms. The summed E-state index contributed by atoms with van der Waals surface area (Å²) in [5.41, 5.74) is 0. The van der Waals surface area contributed by atoms with Gasteiger partial charge < -0.3 is 15.5 Å². The average Bonchev–Trinajstić information content (AvgIpc) is 2.18. The Morgan fingerprint density at radius 3 is 2.65 bits per heavy atom. The zero-order valence-electron chi connectivity index (χ0n) is 9.97. The van der Waals surface area contributed by atoms with Crippen LogP contribution in [-0.2, 0) is 0 Å². The summed E-state index contributed by atoms with van der Waals surface area (Å²) < 4.78 is 35.6. The van der Waals surface area contributed by atoms with Crippen LogP contribution < -0.4 is 10.6 Å². The molecule has 0 aromatic rings. The lowest BCUT2D eigenvalue weighted by atomic mass is 9.94. The van der Waals surface area contributed by atoms with Gasteiger partial charge in [0.2, 0.25) is 0 Å². The van der Waals surface area contributed by atoms with Crippen molar-refractivity contribution in [3.8, 4) is 0 Å². The summed E-state index contributed by atoms with van der Waals surface area (Å²) >= 11 is 0. The summed E-state index contributed by atoms with van der Waals surface area (Å²) in [5.74, 6) is 0.241. The number of amides is 2. The number of hydrogen-bond donors (Lipinski definition) is 2. The minimum absolute atomic E-state index is 0.0561. The minimum atomic E-state index is -4.37. The predicted molar refractivity (Wildman–Crippen MR) is 57.7 cm³/mol. The molecule has 0 aromatic heterocycles. The van der Waals surface area contributed by atoms with Crippen LogP contribution in [0.15, 0.2) is 0 Å². The maximum Gasteiger partial charge on any atom is 0.405 e. The Labute approximate surface area is 98.5 Å². The number of nitrogens with zero attached hydrogens (tertiary/aromatic N) is 1. The number of rotatable bonds is 2. The molecule has 2 atom stereocenters. The van der Waals surface area contributed by atoms with E-state index in [1.54, 1.807) is 0 Å². The molecule has 7 heteroatoms. The van der Waals surface area contributed by atoms with E-state index in [0.717, 1.165) is 19.5 Å². The first-order chi connectivity index (χ1) is 7.78. The largest absolute Gasteiger partial charge is 0.405 e. The Kier molecular flexibility index (Phi) is 4.62. The molecule has 100 valence electrons. The van der Waals surface area contributed by atoms with Crippen LogP contribution >= 0.6 is 0 Å². The lowest BCUT2D eigenvalue weighted by Crippen LogP contribution is -2.52. The van der Waals surface area contributed by atoms with Gasteiger partial charge in [0.15, 0.2) is 0 Å². The van der Waals surface area contributed by atoms with Gasteiger partial charge in [0.25, 0.3) is 0 Å². The summed E-state index contributed by atoms with van der Waals surface area (Å²) in [4.78, 5) is 13.4. The van der Waals surface area contributed by atoms with Crippen LogP contribution in [0.3, 0.4) is 0 Å². The molecule has 1 fully saturated rings. The van der Waals surface area contributed by atoms with Gasteiger partial charge in [-0.3, -0.25) is 0 Å². The second kappa shape index (κ2) is 5.57. The van der Waals surface area contributed by atoms with E-state index in [1.807, 2.05) is 19.3 Å². The van der Waals surface area contributed by atoms with Crippen molar-refractivity contribution >= 4 is 6.03 Å². The maximum atomic E-state index is 11.9. The summed E-state index contributed by atoms with van der Waals surface area (Å²) in [6.45, 7) is 2.36. The Balaban J connectivity index is 2.31. The molecule has 1 saturated heterocycles. The molecule has 1 heterocycles. The molecule has 1 rings (SSSR count). The fraction of sp³-hybridized carbons (Fsp3) is 0.900. The molecule has 2 amide bonds. The molecule has 0 aliphatic carbocycles. The van der Waals surface area contributed by atoms with Crippen molar-refractivity contribution in [3.05, 3.63) is 0 Å². The second-order valence-corrected chi connectivity index (χ2v) is 4.58. The Morgan fingerprint density at radius 2 is 2.12 bits per heavy atom. The number of urea groups is 1. The molecule has 0 spiro atoms. The Hall–Kier alpha value is -0.980. The Morgan fingerprint density at radius 1 is 1.47 bits per heavy atom. The number of likely N-dealkylation sites (tertiary alicyclic amines) is 1. The van der Waals surface area contributed by atoms with Gasteiger partial charge in [-0.15, -0.1) is 0 Å². The fourth-order valence-electron chi connectivity index (χ4n) is 1.97. The fourth-order valence-corrected chi connectivity index (χ4v) is 1.97. The average molecular weight is 253 g/mol. The van der Waals surface area contributed by atoms with Gasteiger partial charge in [-0.25, -0.2) is 4.79 Å². The van der Waals surface area contributed by atoms with Crippen LogP contribution in [0.25, 0.3) is 0 Å². The molecule has 4 nitrogen and oxygen atoms in total.